The second-order valence-corrected chi connectivity index (χ2v) is 4.99. The van der Waals surface area contributed by atoms with Gasteiger partial charge in [0.1, 0.15) is 0 Å². The molecule has 1 aliphatic heterocycles. The number of rotatable bonds is 5. The Hall–Kier alpha value is -1.33. The quantitative estimate of drug-likeness (QED) is 0.907. The first kappa shape index (κ1) is 17.7. The molecule has 1 aliphatic rings. The number of benzene rings is 1. The number of methoxy groups -OCH3 is 1. The molecule has 4 nitrogen and oxygen atoms in total. The average Bonchev–Trinajstić information content (AvgIpc) is 2.98. The standard InChI is InChI=1S/C15H21FN2O2.ClH/c1-3-8-18(12-6-7-17-10-12)15(19)11-4-5-13(16)14(9-11)20-2;/h4-5,9,12,17H,3,6-8,10H2,1-2H3;1H. The van der Waals surface area contributed by atoms with E-state index in [0.717, 1.165) is 25.9 Å². The zero-order valence-electron chi connectivity index (χ0n) is 12.4. The van der Waals surface area contributed by atoms with Gasteiger partial charge < -0.3 is 15.0 Å². The lowest BCUT2D eigenvalue weighted by Gasteiger charge is -2.28. The molecule has 1 aromatic rings. The molecular formula is C15H22ClFN2O2. The molecule has 0 spiro atoms. The van der Waals surface area contributed by atoms with Crippen molar-refractivity contribution in [3.63, 3.8) is 0 Å². The van der Waals surface area contributed by atoms with E-state index in [0.29, 0.717) is 12.1 Å². The largest absolute Gasteiger partial charge is 0.494 e. The number of ether oxygens (including phenoxy) is 1. The van der Waals surface area contributed by atoms with Crippen LogP contribution < -0.4 is 10.1 Å². The Bertz CT molecular complexity index is 479. The third kappa shape index (κ3) is 4.08. The number of amides is 1. The van der Waals surface area contributed by atoms with Crippen LogP contribution in [0, 0.1) is 5.82 Å². The third-order valence-electron chi connectivity index (χ3n) is 3.60. The van der Waals surface area contributed by atoms with E-state index >= 15 is 0 Å². The summed E-state index contributed by atoms with van der Waals surface area (Å²) in [6.45, 7) is 4.52. The highest BCUT2D eigenvalue weighted by Gasteiger charge is 2.27. The van der Waals surface area contributed by atoms with Crippen LogP contribution in [0.2, 0.25) is 0 Å². The van der Waals surface area contributed by atoms with Crippen molar-refractivity contribution < 1.29 is 13.9 Å². The Labute approximate surface area is 131 Å². The molecule has 1 atom stereocenters. The number of carbonyl (C=O) groups is 1. The Morgan fingerprint density at radius 1 is 1.52 bits per heavy atom. The Balaban J connectivity index is 0.00000220. The Kier molecular flexibility index (Phi) is 6.92. The van der Waals surface area contributed by atoms with Crippen molar-refractivity contribution in [3.8, 4) is 5.75 Å². The first-order chi connectivity index (χ1) is 9.67. The van der Waals surface area contributed by atoms with Gasteiger partial charge in [-0.3, -0.25) is 4.79 Å². The third-order valence-corrected chi connectivity index (χ3v) is 3.60. The van der Waals surface area contributed by atoms with E-state index < -0.39 is 5.82 Å². The average molecular weight is 317 g/mol. The molecule has 0 bridgehead atoms. The monoisotopic (exact) mass is 316 g/mol. The van der Waals surface area contributed by atoms with Crippen molar-refractivity contribution in [3.05, 3.63) is 29.6 Å². The van der Waals surface area contributed by atoms with Crippen LogP contribution in [0.4, 0.5) is 4.39 Å². The van der Waals surface area contributed by atoms with E-state index in [2.05, 4.69) is 5.32 Å². The molecule has 2 rings (SSSR count). The maximum Gasteiger partial charge on any atom is 0.254 e. The van der Waals surface area contributed by atoms with Crippen molar-refractivity contribution in [1.29, 1.82) is 0 Å². The molecule has 1 aromatic carbocycles. The van der Waals surface area contributed by atoms with E-state index in [1.54, 1.807) is 0 Å². The van der Waals surface area contributed by atoms with Gasteiger partial charge in [-0.15, -0.1) is 12.4 Å². The van der Waals surface area contributed by atoms with Crippen LogP contribution in [0.15, 0.2) is 18.2 Å². The van der Waals surface area contributed by atoms with Crippen molar-refractivity contribution in [2.24, 2.45) is 0 Å². The van der Waals surface area contributed by atoms with Crippen LogP contribution in [0.5, 0.6) is 5.75 Å². The van der Waals surface area contributed by atoms with Gasteiger partial charge in [-0.2, -0.15) is 0 Å². The molecule has 0 saturated carbocycles. The molecule has 6 heteroatoms. The molecule has 0 aliphatic carbocycles. The Morgan fingerprint density at radius 3 is 2.86 bits per heavy atom. The minimum absolute atomic E-state index is 0. The zero-order valence-corrected chi connectivity index (χ0v) is 13.2. The second-order valence-electron chi connectivity index (χ2n) is 4.99. The van der Waals surface area contributed by atoms with Gasteiger partial charge in [-0.25, -0.2) is 4.39 Å². The SMILES string of the molecule is CCCN(C(=O)c1ccc(F)c(OC)c1)C1CCNC1.Cl. The fraction of sp³-hybridized carbons (Fsp3) is 0.533. The van der Waals surface area contributed by atoms with Gasteiger partial charge in [0, 0.05) is 24.7 Å². The first-order valence-corrected chi connectivity index (χ1v) is 7.02. The van der Waals surface area contributed by atoms with Crippen LogP contribution >= 0.6 is 12.4 Å². The summed E-state index contributed by atoms with van der Waals surface area (Å²) in [6.07, 6.45) is 1.87. The molecule has 1 unspecified atom stereocenters. The molecule has 1 amide bonds. The van der Waals surface area contributed by atoms with Crippen LogP contribution in [0.25, 0.3) is 0 Å². The summed E-state index contributed by atoms with van der Waals surface area (Å²) in [7, 11) is 1.40. The van der Waals surface area contributed by atoms with E-state index in [1.165, 1.54) is 25.3 Å². The molecule has 1 saturated heterocycles. The lowest BCUT2D eigenvalue weighted by molar-refractivity contribution is 0.0692. The second kappa shape index (κ2) is 8.20. The highest BCUT2D eigenvalue weighted by molar-refractivity contribution is 5.94. The van der Waals surface area contributed by atoms with Crippen molar-refractivity contribution in [2.75, 3.05) is 26.7 Å². The van der Waals surface area contributed by atoms with E-state index in [-0.39, 0.29) is 30.1 Å². The highest BCUT2D eigenvalue weighted by atomic mass is 35.5. The van der Waals surface area contributed by atoms with Crippen molar-refractivity contribution in [2.45, 2.75) is 25.8 Å². The lowest BCUT2D eigenvalue weighted by Crippen LogP contribution is -2.42. The summed E-state index contributed by atoms with van der Waals surface area (Å²) in [5.41, 5.74) is 0.476. The van der Waals surface area contributed by atoms with Crippen LogP contribution in [-0.4, -0.2) is 43.6 Å². The van der Waals surface area contributed by atoms with Crippen molar-refractivity contribution in [1.82, 2.24) is 10.2 Å². The Morgan fingerprint density at radius 2 is 2.29 bits per heavy atom. The summed E-state index contributed by atoms with van der Waals surface area (Å²) in [5, 5.41) is 3.27. The van der Waals surface area contributed by atoms with Crippen LogP contribution in [0.1, 0.15) is 30.1 Å². The first-order valence-electron chi connectivity index (χ1n) is 7.02. The molecular weight excluding hydrogens is 295 g/mol. The smallest absolute Gasteiger partial charge is 0.254 e. The van der Waals surface area contributed by atoms with Gasteiger partial charge in [0.25, 0.3) is 5.91 Å². The summed E-state index contributed by atoms with van der Waals surface area (Å²) >= 11 is 0. The molecule has 1 heterocycles. The maximum absolute atomic E-state index is 13.4. The summed E-state index contributed by atoms with van der Waals surface area (Å²) in [5.74, 6) is -0.399. The zero-order chi connectivity index (χ0) is 14.5. The van der Waals surface area contributed by atoms with Crippen molar-refractivity contribution >= 4 is 18.3 Å². The predicted molar refractivity (Wildman–Crippen MR) is 82.8 cm³/mol. The normalized spacial score (nSPS) is 17.2. The van der Waals surface area contributed by atoms with E-state index in [9.17, 15) is 9.18 Å². The number of carbonyl (C=O) groups excluding carboxylic acids is 1. The number of halogens is 2. The minimum atomic E-state index is -0.450. The fourth-order valence-electron chi connectivity index (χ4n) is 2.55. The maximum atomic E-state index is 13.4. The van der Waals surface area contributed by atoms with Gasteiger partial charge in [-0.1, -0.05) is 6.92 Å². The molecule has 1 fully saturated rings. The summed E-state index contributed by atoms with van der Waals surface area (Å²) < 4.78 is 18.4. The molecule has 0 radical (unpaired) electrons. The highest BCUT2D eigenvalue weighted by Crippen LogP contribution is 2.21. The lowest BCUT2D eigenvalue weighted by atomic mass is 10.1. The number of hydrogen-bond donors (Lipinski definition) is 1. The molecule has 118 valence electrons. The van der Waals surface area contributed by atoms with E-state index in [1.807, 2.05) is 11.8 Å². The molecule has 0 aromatic heterocycles. The van der Waals surface area contributed by atoms with Gasteiger partial charge >= 0.3 is 0 Å². The molecule has 21 heavy (non-hydrogen) atoms. The van der Waals surface area contributed by atoms with Gasteiger partial charge in [0.2, 0.25) is 0 Å². The number of nitrogens with zero attached hydrogens (tertiary/aromatic N) is 1. The number of hydrogen-bond acceptors (Lipinski definition) is 3. The number of nitrogens with one attached hydrogen (secondary N) is 1. The predicted octanol–water partition coefficient (Wildman–Crippen LogP) is 2.47. The topological polar surface area (TPSA) is 41.6 Å². The molecule has 1 N–H and O–H groups in total. The summed E-state index contributed by atoms with van der Waals surface area (Å²) in [4.78, 5) is 14.5. The van der Waals surface area contributed by atoms with Crippen LogP contribution in [0.3, 0.4) is 0 Å². The van der Waals surface area contributed by atoms with Crippen LogP contribution in [-0.2, 0) is 0 Å². The van der Waals surface area contributed by atoms with E-state index in [4.69, 9.17) is 4.74 Å². The van der Waals surface area contributed by atoms with Gasteiger partial charge in [0.05, 0.1) is 7.11 Å². The van der Waals surface area contributed by atoms with Gasteiger partial charge in [-0.05, 0) is 37.6 Å². The fourth-order valence-corrected chi connectivity index (χ4v) is 2.55. The minimum Gasteiger partial charge on any atom is -0.494 e. The van der Waals surface area contributed by atoms with Gasteiger partial charge in [0.15, 0.2) is 11.6 Å². The summed E-state index contributed by atoms with van der Waals surface area (Å²) in [6, 6.07) is 4.50.